The Labute approximate surface area is 124 Å². The third kappa shape index (κ3) is 2.81. The van der Waals surface area contributed by atoms with Crippen molar-refractivity contribution in [3.05, 3.63) is 45.2 Å². The molecule has 0 spiro atoms. The second-order valence-electron chi connectivity index (χ2n) is 3.81. The Morgan fingerprint density at radius 2 is 2.05 bits per heavy atom. The van der Waals surface area contributed by atoms with Crippen LogP contribution < -0.4 is 4.80 Å². The van der Waals surface area contributed by atoms with Crippen LogP contribution in [0.25, 0.3) is 5.69 Å². The molecule has 1 amide bonds. The van der Waals surface area contributed by atoms with Crippen LogP contribution >= 0.6 is 22.9 Å². The molecule has 2 rings (SSSR count). The lowest BCUT2D eigenvalue weighted by Gasteiger charge is -2.08. The van der Waals surface area contributed by atoms with Gasteiger partial charge in [-0.15, -0.1) is 11.3 Å². The van der Waals surface area contributed by atoms with Crippen LogP contribution in [0, 0.1) is 0 Å². The summed E-state index contributed by atoms with van der Waals surface area (Å²) < 4.78 is 6.25. The summed E-state index contributed by atoms with van der Waals surface area (Å²) >= 11 is 7.32. The molecule has 0 unspecified atom stereocenters. The number of halogens is 1. The molecule has 1 aromatic heterocycles. The number of rotatable bonds is 2. The van der Waals surface area contributed by atoms with E-state index in [-0.39, 0.29) is 11.6 Å². The van der Waals surface area contributed by atoms with Crippen LogP contribution in [0.15, 0.2) is 34.6 Å². The fourth-order valence-corrected chi connectivity index (χ4v) is 2.76. The number of amides is 1. The summed E-state index contributed by atoms with van der Waals surface area (Å²) in [5.41, 5.74) is 0.835. The molecule has 20 heavy (non-hydrogen) atoms. The Kier molecular flexibility index (Phi) is 4.36. The summed E-state index contributed by atoms with van der Waals surface area (Å²) in [5.74, 6) is -0.879. The number of methoxy groups -OCH3 is 1. The smallest absolute Gasteiger partial charge is 0.355 e. The van der Waals surface area contributed by atoms with Gasteiger partial charge in [-0.2, -0.15) is 4.99 Å². The fraction of sp³-hybridized carbons (Fsp3) is 0.154. The van der Waals surface area contributed by atoms with Crippen molar-refractivity contribution < 1.29 is 14.3 Å². The largest absolute Gasteiger partial charge is 0.464 e. The standard InChI is InChI=1S/C13H11ClN2O3S/c1-8(17)15-13-16(10-6-4-3-5-9(10)14)11(7-20-13)12(18)19-2/h3-7H,1-2H3. The number of ether oxygens (including phenoxy) is 1. The Bertz CT molecular complexity index is 733. The van der Waals surface area contributed by atoms with Gasteiger partial charge in [0.05, 0.1) is 17.8 Å². The zero-order valence-corrected chi connectivity index (χ0v) is 12.4. The van der Waals surface area contributed by atoms with Gasteiger partial charge in [0.2, 0.25) is 5.91 Å². The zero-order chi connectivity index (χ0) is 14.7. The number of thiazole rings is 1. The Hall–Kier alpha value is -1.92. The number of carbonyl (C=O) groups excluding carboxylic acids is 2. The van der Waals surface area contributed by atoms with Crippen molar-refractivity contribution in [2.75, 3.05) is 7.11 Å². The number of hydrogen-bond acceptors (Lipinski definition) is 4. The summed E-state index contributed by atoms with van der Waals surface area (Å²) in [6.45, 7) is 1.34. The average Bonchev–Trinajstić information content (AvgIpc) is 2.81. The van der Waals surface area contributed by atoms with Crippen LogP contribution in [-0.4, -0.2) is 23.6 Å². The van der Waals surface area contributed by atoms with Gasteiger partial charge in [0.15, 0.2) is 4.80 Å². The van der Waals surface area contributed by atoms with Crippen molar-refractivity contribution in [2.45, 2.75) is 6.92 Å². The minimum Gasteiger partial charge on any atom is -0.464 e. The summed E-state index contributed by atoms with van der Waals surface area (Å²) in [4.78, 5) is 27.3. The number of benzene rings is 1. The van der Waals surface area contributed by atoms with Crippen molar-refractivity contribution in [2.24, 2.45) is 4.99 Å². The molecule has 0 bridgehead atoms. The third-order valence-corrected chi connectivity index (χ3v) is 3.59. The van der Waals surface area contributed by atoms with Crippen molar-refractivity contribution >= 4 is 34.8 Å². The van der Waals surface area contributed by atoms with Crippen LogP contribution in [0.2, 0.25) is 5.02 Å². The van der Waals surface area contributed by atoms with Crippen molar-refractivity contribution in [3.63, 3.8) is 0 Å². The van der Waals surface area contributed by atoms with E-state index in [0.717, 1.165) is 0 Å². The highest BCUT2D eigenvalue weighted by atomic mass is 35.5. The average molecular weight is 311 g/mol. The van der Waals surface area contributed by atoms with Gasteiger partial charge in [-0.05, 0) is 12.1 Å². The summed E-state index contributed by atoms with van der Waals surface area (Å²) in [5, 5.41) is 2.03. The Morgan fingerprint density at radius 3 is 2.65 bits per heavy atom. The van der Waals surface area contributed by atoms with Crippen LogP contribution in [0.3, 0.4) is 0 Å². The minimum atomic E-state index is -0.522. The molecule has 0 aliphatic heterocycles. The molecule has 1 aromatic carbocycles. The first-order valence-corrected chi connectivity index (χ1v) is 6.89. The summed E-state index contributed by atoms with van der Waals surface area (Å²) in [7, 11) is 1.29. The Balaban J connectivity index is 2.77. The molecule has 0 radical (unpaired) electrons. The maximum absolute atomic E-state index is 11.8. The second kappa shape index (κ2) is 6.02. The highest BCUT2D eigenvalue weighted by Gasteiger charge is 2.17. The lowest BCUT2D eigenvalue weighted by molar-refractivity contribution is -0.116. The quantitative estimate of drug-likeness (QED) is 0.800. The first kappa shape index (κ1) is 14.5. The van der Waals surface area contributed by atoms with Crippen LogP contribution in [0.1, 0.15) is 17.4 Å². The summed E-state index contributed by atoms with van der Waals surface area (Å²) in [6, 6.07) is 6.99. The molecule has 7 heteroatoms. The second-order valence-corrected chi connectivity index (χ2v) is 5.06. The van der Waals surface area contributed by atoms with Gasteiger partial charge >= 0.3 is 5.97 Å². The molecule has 5 nitrogen and oxygen atoms in total. The molecular formula is C13H11ClN2O3S. The first-order chi connectivity index (χ1) is 9.54. The molecule has 0 saturated carbocycles. The maximum Gasteiger partial charge on any atom is 0.355 e. The lowest BCUT2D eigenvalue weighted by atomic mass is 10.3. The molecule has 104 valence electrons. The van der Waals surface area contributed by atoms with Crippen LogP contribution in [0.4, 0.5) is 0 Å². The fourth-order valence-electron chi connectivity index (χ4n) is 1.64. The van der Waals surface area contributed by atoms with Crippen LogP contribution in [0.5, 0.6) is 0 Å². The van der Waals surface area contributed by atoms with E-state index in [1.54, 1.807) is 29.6 Å². The van der Waals surface area contributed by atoms with Gasteiger partial charge in [0.1, 0.15) is 5.69 Å². The normalized spacial score (nSPS) is 11.4. The number of esters is 1. The Morgan fingerprint density at radius 1 is 1.35 bits per heavy atom. The first-order valence-electron chi connectivity index (χ1n) is 5.63. The van der Waals surface area contributed by atoms with E-state index in [1.807, 2.05) is 0 Å². The van der Waals surface area contributed by atoms with E-state index < -0.39 is 5.97 Å². The van der Waals surface area contributed by atoms with Gasteiger partial charge in [0, 0.05) is 12.3 Å². The summed E-state index contributed by atoms with van der Waals surface area (Å²) in [6.07, 6.45) is 0. The molecular weight excluding hydrogens is 300 g/mol. The molecule has 0 N–H and O–H groups in total. The zero-order valence-electron chi connectivity index (χ0n) is 10.8. The molecule has 0 saturated heterocycles. The van der Waals surface area contributed by atoms with E-state index in [1.165, 1.54) is 29.9 Å². The van der Waals surface area contributed by atoms with Crippen molar-refractivity contribution in [1.82, 2.24) is 4.57 Å². The molecule has 0 atom stereocenters. The van der Waals surface area contributed by atoms with E-state index in [0.29, 0.717) is 15.5 Å². The predicted octanol–water partition coefficient (Wildman–Crippen LogP) is 2.43. The van der Waals surface area contributed by atoms with Gasteiger partial charge in [-0.3, -0.25) is 9.36 Å². The van der Waals surface area contributed by atoms with E-state index in [9.17, 15) is 9.59 Å². The van der Waals surface area contributed by atoms with Crippen molar-refractivity contribution in [1.29, 1.82) is 0 Å². The van der Waals surface area contributed by atoms with E-state index >= 15 is 0 Å². The molecule has 0 aliphatic carbocycles. The van der Waals surface area contributed by atoms with Crippen molar-refractivity contribution in [3.8, 4) is 5.69 Å². The van der Waals surface area contributed by atoms with E-state index in [4.69, 9.17) is 16.3 Å². The topological polar surface area (TPSA) is 60.7 Å². The SMILES string of the molecule is COC(=O)c1csc(=NC(C)=O)n1-c1ccccc1Cl. The number of aromatic nitrogens is 1. The molecule has 0 aliphatic rings. The third-order valence-electron chi connectivity index (χ3n) is 2.45. The lowest BCUT2D eigenvalue weighted by Crippen LogP contribution is -2.20. The van der Waals surface area contributed by atoms with E-state index in [2.05, 4.69) is 4.99 Å². The number of hydrogen-bond donors (Lipinski definition) is 0. The number of para-hydroxylation sites is 1. The van der Waals surface area contributed by atoms with Gasteiger partial charge < -0.3 is 4.74 Å². The number of nitrogens with zero attached hydrogens (tertiary/aromatic N) is 2. The molecule has 2 aromatic rings. The maximum atomic E-state index is 11.8. The minimum absolute atomic E-state index is 0.269. The van der Waals surface area contributed by atoms with Gasteiger partial charge in [0.25, 0.3) is 0 Å². The highest BCUT2D eigenvalue weighted by molar-refractivity contribution is 7.07. The highest BCUT2D eigenvalue weighted by Crippen LogP contribution is 2.21. The number of carbonyl (C=O) groups is 2. The van der Waals surface area contributed by atoms with Gasteiger partial charge in [-0.25, -0.2) is 4.79 Å². The van der Waals surface area contributed by atoms with Gasteiger partial charge in [-0.1, -0.05) is 23.7 Å². The molecule has 0 fully saturated rings. The van der Waals surface area contributed by atoms with Crippen LogP contribution in [-0.2, 0) is 9.53 Å². The predicted molar refractivity (Wildman–Crippen MR) is 76.2 cm³/mol. The monoisotopic (exact) mass is 310 g/mol. The molecule has 1 heterocycles.